The Hall–Kier alpha value is -0.820. The highest BCUT2D eigenvalue weighted by Crippen LogP contribution is 2.22. The molecule has 38 valence electrons. The van der Waals surface area contributed by atoms with E-state index in [2.05, 4.69) is 16.1 Å². The molecule has 0 aromatic rings. The first-order valence-electron chi connectivity index (χ1n) is 2.28. The summed E-state index contributed by atoms with van der Waals surface area (Å²) in [6.07, 6.45) is 2.37. The fourth-order valence-corrected chi connectivity index (χ4v) is 0.319. The Labute approximate surface area is 41.9 Å². The van der Waals surface area contributed by atoms with Crippen molar-refractivity contribution in [2.45, 2.75) is 18.9 Å². The van der Waals surface area contributed by atoms with Crippen LogP contribution in [0.2, 0.25) is 0 Å². The minimum Gasteiger partial charge on any atom is -0.314 e. The second-order valence-corrected chi connectivity index (χ2v) is 1.59. The zero-order chi connectivity index (χ0) is 5.11. The molecule has 0 radical (unpaired) electrons. The molecule has 0 unspecified atom stereocenters. The van der Waals surface area contributed by atoms with Crippen molar-refractivity contribution in [2.75, 3.05) is 0 Å². The highest BCUT2D eigenvalue weighted by Gasteiger charge is 2.18. The average molecular weight is 97.1 g/mol. The molecule has 0 aliphatic heterocycles. The minimum absolute atomic E-state index is 0.493. The van der Waals surface area contributed by atoms with E-state index in [9.17, 15) is 0 Å². The van der Waals surface area contributed by atoms with E-state index in [1.165, 1.54) is 12.8 Å². The Balaban J connectivity index is 2.30. The van der Waals surface area contributed by atoms with Gasteiger partial charge in [0.25, 0.3) is 0 Å². The van der Waals surface area contributed by atoms with Crippen molar-refractivity contribution < 1.29 is 0 Å². The smallest absolute Gasteiger partial charge is 0.114 e. The predicted molar refractivity (Wildman–Crippen MR) is 27.1 cm³/mol. The molecule has 1 aliphatic rings. The van der Waals surface area contributed by atoms with Crippen LogP contribution in [0.25, 0.3) is 0 Å². The van der Waals surface area contributed by atoms with Gasteiger partial charge in [0.2, 0.25) is 0 Å². The van der Waals surface area contributed by atoms with Crippen LogP contribution in [0.5, 0.6) is 0 Å². The van der Waals surface area contributed by atoms with Gasteiger partial charge in [-0.05, 0) is 12.8 Å². The summed E-state index contributed by atoms with van der Waals surface area (Å²) >= 11 is 0. The molecule has 0 bridgehead atoms. The first kappa shape index (κ1) is 4.34. The lowest BCUT2D eigenvalue weighted by Gasteiger charge is -1.67. The van der Waals surface area contributed by atoms with E-state index in [4.69, 9.17) is 5.84 Å². The van der Waals surface area contributed by atoms with Gasteiger partial charge in [0.05, 0.1) is 6.04 Å². The Bertz CT molecular complexity index is 108. The van der Waals surface area contributed by atoms with Crippen LogP contribution in [0.3, 0.4) is 0 Å². The maximum Gasteiger partial charge on any atom is 0.114 e. The first-order valence-corrected chi connectivity index (χ1v) is 2.28. The van der Waals surface area contributed by atoms with Crippen LogP contribution in [0.4, 0.5) is 0 Å². The highest BCUT2D eigenvalue weighted by molar-refractivity contribution is 5.41. The van der Waals surface area contributed by atoms with E-state index in [0.717, 1.165) is 0 Å². The number of hydrogen-bond acceptors (Lipinski definition) is 3. The summed E-state index contributed by atoms with van der Waals surface area (Å²) in [5.41, 5.74) is 0. The fourth-order valence-electron chi connectivity index (χ4n) is 0.319. The molecule has 0 spiro atoms. The summed E-state index contributed by atoms with van der Waals surface area (Å²) in [5.74, 6) is 4.72. The van der Waals surface area contributed by atoms with Crippen molar-refractivity contribution >= 4 is 6.01 Å². The first-order chi connectivity index (χ1) is 3.43. The van der Waals surface area contributed by atoms with E-state index in [-0.39, 0.29) is 0 Å². The van der Waals surface area contributed by atoms with Gasteiger partial charge in [-0.2, -0.15) is 0 Å². The van der Waals surface area contributed by atoms with Gasteiger partial charge < -0.3 is 5.84 Å². The lowest BCUT2D eigenvalue weighted by Crippen LogP contribution is -1.76. The molecule has 2 N–H and O–H groups in total. The molecule has 3 nitrogen and oxygen atoms in total. The average Bonchev–Trinajstić information content (AvgIpc) is 2.42. The summed E-state index contributed by atoms with van der Waals surface area (Å²) in [7, 11) is 0. The Morgan fingerprint density at radius 3 is 2.71 bits per heavy atom. The van der Waals surface area contributed by atoms with Crippen LogP contribution >= 0.6 is 0 Å². The molecule has 0 aromatic heterocycles. The summed E-state index contributed by atoms with van der Waals surface area (Å²) in [6.45, 7) is 0. The molecule has 7 heavy (non-hydrogen) atoms. The highest BCUT2D eigenvalue weighted by atomic mass is 15.1. The Morgan fingerprint density at radius 2 is 2.29 bits per heavy atom. The van der Waals surface area contributed by atoms with Gasteiger partial charge in [-0.3, -0.25) is 0 Å². The normalized spacial score (nSPS) is 17.7. The molecule has 0 saturated heterocycles. The van der Waals surface area contributed by atoms with E-state index in [0.29, 0.717) is 6.04 Å². The fraction of sp³-hybridized carbons (Fsp3) is 0.750. The van der Waals surface area contributed by atoms with E-state index >= 15 is 0 Å². The van der Waals surface area contributed by atoms with Gasteiger partial charge in [-0.15, -0.1) is 5.10 Å². The third kappa shape index (κ3) is 1.37. The van der Waals surface area contributed by atoms with Gasteiger partial charge in [-0.25, -0.2) is 4.99 Å². The quantitative estimate of drug-likeness (QED) is 0.283. The molecule has 3 heteroatoms. The number of hydrazone groups is 1. The monoisotopic (exact) mass is 97.1 g/mol. The summed E-state index contributed by atoms with van der Waals surface area (Å²) < 4.78 is 0. The number of nitrogens with zero attached hydrogens (tertiary/aromatic N) is 2. The van der Waals surface area contributed by atoms with Crippen molar-refractivity contribution in [3.63, 3.8) is 0 Å². The van der Waals surface area contributed by atoms with Crippen LogP contribution in [-0.4, -0.2) is 12.1 Å². The van der Waals surface area contributed by atoms with Gasteiger partial charge in [-0.1, -0.05) is 0 Å². The van der Waals surface area contributed by atoms with E-state index in [1.807, 2.05) is 0 Å². The van der Waals surface area contributed by atoms with Gasteiger partial charge in [0.1, 0.15) is 6.01 Å². The standard InChI is InChI=1S/C4H7N3/c5-7-3-6-4-1-2-4/h4H,1-2,5H2. The second kappa shape index (κ2) is 1.76. The van der Waals surface area contributed by atoms with Gasteiger partial charge in [0.15, 0.2) is 0 Å². The molecular formula is C4H7N3. The lowest BCUT2D eigenvalue weighted by molar-refractivity contribution is 1.07. The van der Waals surface area contributed by atoms with E-state index in [1.54, 1.807) is 0 Å². The van der Waals surface area contributed by atoms with Crippen LogP contribution in [0.15, 0.2) is 10.1 Å². The molecule has 0 aromatic carbocycles. The van der Waals surface area contributed by atoms with Crippen molar-refractivity contribution in [3.05, 3.63) is 0 Å². The summed E-state index contributed by atoms with van der Waals surface area (Å²) in [6, 6.07) is 2.83. The van der Waals surface area contributed by atoms with Crippen molar-refractivity contribution in [2.24, 2.45) is 15.9 Å². The zero-order valence-electron chi connectivity index (χ0n) is 3.96. The van der Waals surface area contributed by atoms with Crippen molar-refractivity contribution in [3.8, 4) is 0 Å². The maximum absolute atomic E-state index is 4.72. The number of rotatable bonds is 1. The maximum atomic E-state index is 4.72. The summed E-state index contributed by atoms with van der Waals surface area (Å²) in [4.78, 5) is 3.81. The Kier molecular flexibility index (Phi) is 1.09. The van der Waals surface area contributed by atoms with Crippen molar-refractivity contribution in [1.29, 1.82) is 0 Å². The molecule has 1 saturated carbocycles. The second-order valence-electron chi connectivity index (χ2n) is 1.59. The van der Waals surface area contributed by atoms with Crippen LogP contribution in [0.1, 0.15) is 12.8 Å². The number of nitrogens with two attached hydrogens (primary N) is 1. The third-order valence-electron chi connectivity index (χ3n) is 0.845. The number of aliphatic imine (C=N–C) groups is 1. The van der Waals surface area contributed by atoms with Crippen LogP contribution < -0.4 is 5.84 Å². The molecule has 1 aliphatic carbocycles. The topological polar surface area (TPSA) is 50.7 Å². The van der Waals surface area contributed by atoms with Gasteiger partial charge >= 0.3 is 0 Å². The molecular weight excluding hydrogens is 90.1 g/mol. The molecule has 0 heterocycles. The zero-order valence-corrected chi connectivity index (χ0v) is 3.96. The molecule has 1 fully saturated rings. The molecule has 1 rings (SSSR count). The summed E-state index contributed by atoms with van der Waals surface area (Å²) in [5, 5.41) is 3.10. The van der Waals surface area contributed by atoms with Crippen LogP contribution in [0, 0.1) is 0 Å². The largest absolute Gasteiger partial charge is 0.314 e. The predicted octanol–water partition coefficient (Wildman–Crippen LogP) is 0.196. The lowest BCUT2D eigenvalue weighted by atomic mass is 10.8. The van der Waals surface area contributed by atoms with E-state index < -0.39 is 0 Å². The van der Waals surface area contributed by atoms with Gasteiger partial charge in [0, 0.05) is 0 Å². The Morgan fingerprint density at radius 1 is 1.57 bits per heavy atom. The van der Waals surface area contributed by atoms with Crippen LogP contribution in [-0.2, 0) is 0 Å². The number of hydrogen-bond donors (Lipinski definition) is 1. The molecule has 0 atom stereocenters. The van der Waals surface area contributed by atoms with Crippen molar-refractivity contribution in [1.82, 2.24) is 0 Å². The molecule has 0 amide bonds. The third-order valence-corrected chi connectivity index (χ3v) is 0.845. The SMILES string of the molecule is NN=C=NC1CC1. The minimum atomic E-state index is 0.493.